The van der Waals surface area contributed by atoms with Crippen molar-refractivity contribution in [2.75, 3.05) is 26.7 Å². The van der Waals surface area contributed by atoms with Crippen molar-refractivity contribution >= 4 is 24.8 Å². The summed E-state index contributed by atoms with van der Waals surface area (Å²) in [5.74, 6) is -0.368. The number of likely N-dealkylation sites (tertiary alicyclic amines) is 1. The summed E-state index contributed by atoms with van der Waals surface area (Å²) in [5.41, 5.74) is 1.18. The maximum absolute atomic E-state index is 12.5. The molecular weight excluding hydrogens is 352 g/mol. The number of alkyl halides is 3. The van der Waals surface area contributed by atoms with Gasteiger partial charge in [0.2, 0.25) is 5.82 Å². The van der Waals surface area contributed by atoms with E-state index in [0.29, 0.717) is 18.2 Å². The smallest absolute Gasteiger partial charge is 0.319 e. The van der Waals surface area contributed by atoms with E-state index in [1.54, 1.807) is 6.92 Å². The van der Waals surface area contributed by atoms with E-state index in [2.05, 4.69) is 20.2 Å². The number of halogens is 5. The molecule has 1 fully saturated rings. The summed E-state index contributed by atoms with van der Waals surface area (Å²) < 4.78 is 37.6. The molecule has 2 heterocycles. The van der Waals surface area contributed by atoms with Gasteiger partial charge >= 0.3 is 6.18 Å². The number of aryl methyl sites for hydroxylation is 1. The fourth-order valence-corrected chi connectivity index (χ4v) is 2.66. The number of hydrogen-bond donors (Lipinski definition) is 1. The fourth-order valence-electron chi connectivity index (χ4n) is 2.66. The van der Waals surface area contributed by atoms with E-state index in [1.807, 2.05) is 7.05 Å². The predicted octanol–water partition coefficient (Wildman–Crippen LogP) is 3.08. The minimum atomic E-state index is -4.48. The highest BCUT2D eigenvalue weighted by atomic mass is 35.5. The molecule has 0 radical (unpaired) electrons. The Morgan fingerprint density at radius 3 is 2.35 bits per heavy atom. The monoisotopic (exact) mass is 374 g/mol. The average molecular weight is 375 g/mol. The third-order valence-electron chi connectivity index (χ3n) is 3.93. The van der Waals surface area contributed by atoms with Gasteiger partial charge in [-0.15, -0.1) is 24.8 Å². The fraction of sp³-hybridized carbons (Fsp3) is 0.714. The quantitative estimate of drug-likeness (QED) is 0.878. The largest absolute Gasteiger partial charge is 0.451 e. The highest BCUT2D eigenvalue weighted by Gasteiger charge is 2.34. The van der Waals surface area contributed by atoms with E-state index < -0.39 is 12.0 Å². The van der Waals surface area contributed by atoms with Crippen LogP contribution in [0.25, 0.3) is 0 Å². The first kappa shape index (κ1) is 22.4. The van der Waals surface area contributed by atoms with Crippen molar-refractivity contribution in [1.82, 2.24) is 20.2 Å². The molecule has 0 bridgehead atoms. The molecule has 0 atom stereocenters. The van der Waals surface area contributed by atoms with Crippen molar-refractivity contribution in [3.63, 3.8) is 0 Å². The van der Waals surface area contributed by atoms with Gasteiger partial charge in [-0.25, -0.2) is 9.97 Å². The van der Waals surface area contributed by atoms with Crippen LogP contribution in [0.1, 0.15) is 29.9 Å². The maximum Gasteiger partial charge on any atom is 0.451 e. The summed E-state index contributed by atoms with van der Waals surface area (Å²) in [6.45, 7) is 5.19. The topological polar surface area (TPSA) is 41.0 Å². The van der Waals surface area contributed by atoms with Gasteiger partial charge in [-0.1, -0.05) is 0 Å². The number of aromatic nitrogens is 2. The molecule has 0 aromatic carbocycles. The van der Waals surface area contributed by atoms with Gasteiger partial charge < -0.3 is 5.32 Å². The van der Waals surface area contributed by atoms with Crippen LogP contribution in [0.3, 0.4) is 0 Å². The van der Waals surface area contributed by atoms with Crippen molar-refractivity contribution in [2.45, 2.75) is 32.5 Å². The van der Waals surface area contributed by atoms with Gasteiger partial charge in [-0.05, 0) is 52.4 Å². The second-order valence-electron chi connectivity index (χ2n) is 5.58. The summed E-state index contributed by atoms with van der Waals surface area (Å²) in [5, 5.41) is 3.19. The molecule has 9 heteroatoms. The minimum absolute atomic E-state index is 0. The van der Waals surface area contributed by atoms with Crippen LogP contribution in [0.5, 0.6) is 0 Å². The molecule has 1 aromatic heterocycles. The summed E-state index contributed by atoms with van der Waals surface area (Å²) >= 11 is 0. The van der Waals surface area contributed by atoms with E-state index >= 15 is 0 Å². The van der Waals surface area contributed by atoms with E-state index in [4.69, 9.17) is 0 Å². The molecule has 1 aliphatic heterocycles. The summed E-state index contributed by atoms with van der Waals surface area (Å²) in [4.78, 5) is 9.28. The molecule has 0 saturated carbocycles. The molecule has 1 aromatic rings. The third kappa shape index (κ3) is 6.41. The van der Waals surface area contributed by atoms with Gasteiger partial charge in [0.25, 0.3) is 0 Å². The van der Waals surface area contributed by atoms with Crippen LogP contribution in [0.2, 0.25) is 0 Å². The van der Waals surface area contributed by atoms with Gasteiger partial charge in [-0.3, -0.25) is 4.90 Å². The molecule has 2 rings (SSSR count). The lowest BCUT2D eigenvalue weighted by Gasteiger charge is -2.32. The second-order valence-corrected chi connectivity index (χ2v) is 5.58. The Morgan fingerprint density at radius 2 is 1.87 bits per heavy atom. The van der Waals surface area contributed by atoms with Gasteiger partial charge in [-0.2, -0.15) is 13.2 Å². The highest BCUT2D eigenvalue weighted by molar-refractivity contribution is 5.85. The molecule has 0 aliphatic carbocycles. The maximum atomic E-state index is 12.5. The molecule has 4 nitrogen and oxygen atoms in total. The second kappa shape index (κ2) is 9.61. The predicted molar refractivity (Wildman–Crippen MR) is 88.2 cm³/mol. The molecule has 23 heavy (non-hydrogen) atoms. The molecule has 1 aliphatic rings. The summed E-state index contributed by atoms with van der Waals surface area (Å²) in [6, 6.07) is 0. The van der Waals surface area contributed by atoms with Gasteiger partial charge in [0, 0.05) is 24.0 Å². The van der Waals surface area contributed by atoms with Crippen molar-refractivity contribution in [1.29, 1.82) is 0 Å². The van der Waals surface area contributed by atoms with E-state index in [1.165, 1.54) is 6.20 Å². The number of piperidine rings is 1. The van der Waals surface area contributed by atoms with E-state index in [9.17, 15) is 13.2 Å². The number of nitrogens with one attached hydrogen (secondary N) is 1. The third-order valence-corrected chi connectivity index (χ3v) is 3.93. The standard InChI is InChI=1S/C14H21F3N4.2ClH/c1-10-12(8-19-13(20-10)14(15,16)17)9-21-5-3-11(4-6-21)7-18-2;;/h8,11,18H,3-7,9H2,1-2H3;2*1H. The zero-order valence-electron chi connectivity index (χ0n) is 13.2. The molecule has 0 unspecified atom stereocenters. The summed E-state index contributed by atoms with van der Waals surface area (Å²) in [6.07, 6.45) is -0.942. The Hall–Kier alpha value is -0.630. The Kier molecular flexibility index (Phi) is 9.35. The van der Waals surface area contributed by atoms with Crippen LogP contribution in [0.15, 0.2) is 6.20 Å². The Morgan fingerprint density at radius 1 is 1.26 bits per heavy atom. The zero-order valence-corrected chi connectivity index (χ0v) is 14.8. The first-order chi connectivity index (χ1) is 9.90. The Balaban J connectivity index is 0.00000242. The Bertz CT molecular complexity index is 478. The number of rotatable bonds is 4. The normalized spacial score (nSPS) is 16.6. The number of nitrogens with zero attached hydrogens (tertiary/aromatic N) is 3. The van der Waals surface area contributed by atoms with Crippen LogP contribution in [0, 0.1) is 12.8 Å². The first-order valence-corrected chi connectivity index (χ1v) is 7.17. The molecule has 0 amide bonds. The molecule has 134 valence electrons. The van der Waals surface area contributed by atoms with Crippen molar-refractivity contribution in [3.05, 3.63) is 23.3 Å². The molecule has 0 spiro atoms. The van der Waals surface area contributed by atoms with Crippen molar-refractivity contribution in [2.24, 2.45) is 5.92 Å². The number of hydrogen-bond acceptors (Lipinski definition) is 4. The van der Waals surface area contributed by atoms with Crippen LogP contribution >= 0.6 is 24.8 Å². The van der Waals surface area contributed by atoms with E-state index in [-0.39, 0.29) is 24.8 Å². The van der Waals surface area contributed by atoms with Crippen molar-refractivity contribution in [3.8, 4) is 0 Å². The lowest BCUT2D eigenvalue weighted by molar-refractivity contribution is -0.145. The van der Waals surface area contributed by atoms with Crippen LogP contribution in [-0.2, 0) is 12.7 Å². The van der Waals surface area contributed by atoms with Gasteiger partial charge in [0.1, 0.15) is 0 Å². The molecular formula is C14H23Cl2F3N4. The zero-order chi connectivity index (χ0) is 15.5. The molecule has 1 N–H and O–H groups in total. The molecule has 1 saturated heterocycles. The lowest BCUT2D eigenvalue weighted by atomic mass is 9.96. The Labute approximate surface area is 147 Å². The SMILES string of the molecule is CNCC1CCN(Cc2cnc(C(F)(F)F)nc2C)CC1.Cl.Cl. The van der Waals surface area contributed by atoms with Crippen molar-refractivity contribution < 1.29 is 13.2 Å². The van der Waals surface area contributed by atoms with Crippen LogP contribution in [-0.4, -0.2) is 41.5 Å². The highest BCUT2D eigenvalue weighted by Crippen LogP contribution is 2.26. The van der Waals surface area contributed by atoms with Gasteiger partial charge in [0.15, 0.2) is 0 Å². The lowest BCUT2D eigenvalue weighted by Crippen LogP contribution is -2.36. The van der Waals surface area contributed by atoms with Crippen LogP contribution in [0.4, 0.5) is 13.2 Å². The van der Waals surface area contributed by atoms with Crippen LogP contribution < -0.4 is 5.32 Å². The van der Waals surface area contributed by atoms with E-state index in [0.717, 1.165) is 38.0 Å². The van der Waals surface area contributed by atoms with Gasteiger partial charge in [0.05, 0.1) is 0 Å². The summed E-state index contributed by atoms with van der Waals surface area (Å²) in [7, 11) is 1.95. The average Bonchev–Trinajstić information content (AvgIpc) is 2.42. The minimum Gasteiger partial charge on any atom is -0.319 e. The first-order valence-electron chi connectivity index (χ1n) is 7.17.